The van der Waals surface area contributed by atoms with Gasteiger partial charge < -0.3 is 29.3 Å². The average molecular weight is 778 g/mol. The first-order chi connectivity index (χ1) is 26.2. The normalized spacial score (nSPS) is 23.7. The minimum atomic E-state index is -5.02. The number of likely N-dealkylation sites (tertiary alicyclic amines) is 1. The molecule has 1 amide bonds. The van der Waals surface area contributed by atoms with Crippen molar-refractivity contribution >= 4 is 23.7 Å². The molecule has 0 bridgehead atoms. The Morgan fingerprint density at radius 2 is 1.47 bits per heavy atom. The van der Waals surface area contributed by atoms with Crippen LogP contribution in [0.1, 0.15) is 74.1 Å². The van der Waals surface area contributed by atoms with Crippen molar-refractivity contribution in [3.63, 3.8) is 0 Å². The first-order valence-corrected chi connectivity index (χ1v) is 18.6. The fourth-order valence-electron chi connectivity index (χ4n) is 7.98. The Morgan fingerprint density at radius 3 is 2.04 bits per heavy atom. The van der Waals surface area contributed by atoms with E-state index in [2.05, 4.69) is 9.97 Å². The molecule has 3 atom stereocenters. The SMILES string of the molecule is CCC1CC(N(Cc2cc(C(F)(F)F)cc(C(F)(F)F)c2)c2ncc(N3CCOCC3)cn2)CC(Cc2ccccc2)N1C(=O)OC1CCC(C(=O)O)CC1. The molecule has 0 radical (unpaired) electrons. The topological polar surface area (TPSA) is 108 Å². The third-order valence-electron chi connectivity index (χ3n) is 10.9. The number of morpholine rings is 1. The molecule has 3 aromatic rings. The molecule has 2 aromatic carbocycles. The highest BCUT2D eigenvalue weighted by Gasteiger charge is 2.43. The summed E-state index contributed by atoms with van der Waals surface area (Å²) >= 11 is 0. The molecule has 6 rings (SSSR count). The highest BCUT2D eigenvalue weighted by atomic mass is 19.4. The molecule has 2 saturated heterocycles. The number of aliphatic carboxylic acids is 1. The number of benzene rings is 2. The smallest absolute Gasteiger partial charge is 0.416 e. The van der Waals surface area contributed by atoms with Crippen LogP contribution in [0.15, 0.2) is 60.9 Å². The number of alkyl halides is 6. The van der Waals surface area contributed by atoms with Gasteiger partial charge in [-0.25, -0.2) is 14.8 Å². The number of carbonyl (C=O) groups is 2. The molecule has 3 unspecified atom stereocenters. The van der Waals surface area contributed by atoms with Crippen LogP contribution in [-0.2, 0) is 39.6 Å². The molecule has 0 spiro atoms. The first kappa shape index (κ1) is 40.1. The van der Waals surface area contributed by atoms with Crippen LogP contribution in [0, 0.1) is 5.92 Å². The van der Waals surface area contributed by atoms with E-state index in [1.807, 2.05) is 42.2 Å². The van der Waals surface area contributed by atoms with E-state index >= 15 is 0 Å². The number of hydrogen-bond donors (Lipinski definition) is 1. The fourth-order valence-corrected chi connectivity index (χ4v) is 7.98. The summed E-state index contributed by atoms with van der Waals surface area (Å²) in [6.45, 7) is 3.77. The van der Waals surface area contributed by atoms with E-state index in [0.29, 0.717) is 76.9 Å². The van der Waals surface area contributed by atoms with Gasteiger partial charge in [-0.3, -0.25) is 4.79 Å². The Hall–Kier alpha value is -4.60. The van der Waals surface area contributed by atoms with Crippen molar-refractivity contribution in [3.05, 3.63) is 83.2 Å². The summed E-state index contributed by atoms with van der Waals surface area (Å²) in [6, 6.07) is 9.64. The van der Waals surface area contributed by atoms with Crippen molar-refractivity contribution in [1.29, 1.82) is 0 Å². The van der Waals surface area contributed by atoms with Crippen LogP contribution in [0.25, 0.3) is 0 Å². The Labute approximate surface area is 315 Å². The molecule has 3 fully saturated rings. The van der Waals surface area contributed by atoms with Gasteiger partial charge >= 0.3 is 24.4 Å². The number of carboxylic acid groups (broad SMARTS) is 1. The third kappa shape index (κ3) is 9.99. The molecule has 1 saturated carbocycles. The number of amides is 1. The maximum Gasteiger partial charge on any atom is 0.416 e. The molecule has 1 N–H and O–H groups in total. The fraction of sp³-hybridized carbons (Fsp3) is 0.538. The number of piperidine rings is 1. The van der Waals surface area contributed by atoms with Crippen LogP contribution < -0.4 is 9.80 Å². The van der Waals surface area contributed by atoms with Gasteiger partial charge in [0, 0.05) is 37.8 Å². The number of ether oxygens (including phenoxy) is 2. The van der Waals surface area contributed by atoms with E-state index in [1.165, 1.54) is 0 Å². The second kappa shape index (κ2) is 17.0. The molecule has 1 aromatic heterocycles. The minimum absolute atomic E-state index is 0.114. The monoisotopic (exact) mass is 777 g/mol. The van der Waals surface area contributed by atoms with Crippen LogP contribution in [-0.4, -0.2) is 82.6 Å². The van der Waals surface area contributed by atoms with Gasteiger partial charge in [0.25, 0.3) is 0 Å². The molecule has 10 nitrogen and oxygen atoms in total. The lowest BCUT2D eigenvalue weighted by Gasteiger charge is -2.48. The number of hydrogen-bond acceptors (Lipinski definition) is 8. The Balaban J connectivity index is 1.35. The number of carbonyl (C=O) groups excluding carboxylic acids is 1. The zero-order valence-corrected chi connectivity index (χ0v) is 30.4. The number of aromatic nitrogens is 2. The summed E-state index contributed by atoms with van der Waals surface area (Å²) in [5.41, 5.74) is -1.41. The largest absolute Gasteiger partial charge is 0.481 e. The van der Waals surface area contributed by atoms with Crippen molar-refractivity contribution in [2.24, 2.45) is 5.92 Å². The standard InChI is InChI=1S/C39H45F6N5O5/c1-2-30-20-31(21-32(18-25-6-4-3-5-7-25)50(30)37(53)55-34-10-8-27(9-11-34)35(51)52)49(36-46-22-33(23-47-36)48-12-14-54-15-13-48)24-26-16-28(38(40,41)42)19-29(17-26)39(43,44)45/h3-7,16-17,19,22-23,27,30-32,34H,2,8-15,18,20-21,24H2,1H3,(H,51,52). The summed E-state index contributed by atoms with van der Waals surface area (Å²) in [5.74, 6) is -1.22. The molecular formula is C39H45F6N5O5. The lowest BCUT2D eigenvalue weighted by atomic mass is 9.86. The lowest BCUT2D eigenvalue weighted by Crippen LogP contribution is -2.58. The molecule has 55 heavy (non-hydrogen) atoms. The maximum absolute atomic E-state index is 14.1. The second-order valence-corrected chi connectivity index (χ2v) is 14.5. The highest BCUT2D eigenvalue weighted by molar-refractivity contribution is 5.70. The van der Waals surface area contributed by atoms with Crippen LogP contribution >= 0.6 is 0 Å². The van der Waals surface area contributed by atoms with Gasteiger partial charge in [0.1, 0.15) is 6.10 Å². The van der Waals surface area contributed by atoms with Crippen LogP contribution in [0.4, 0.5) is 42.8 Å². The molecular weight excluding hydrogens is 732 g/mol. The molecule has 2 aliphatic heterocycles. The average Bonchev–Trinajstić information content (AvgIpc) is 3.17. The highest BCUT2D eigenvalue weighted by Crippen LogP contribution is 2.39. The van der Waals surface area contributed by atoms with E-state index in [9.17, 15) is 41.0 Å². The van der Waals surface area contributed by atoms with E-state index in [1.54, 1.807) is 22.2 Å². The summed E-state index contributed by atoms with van der Waals surface area (Å²) in [5, 5.41) is 9.43. The van der Waals surface area contributed by atoms with Crippen molar-refractivity contribution in [1.82, 2.24) is 14.9 Å². The van der Waals surface area contributed by atoms with Gasteiger partial charge in [0.05, 0.1) is 48.3 Å². The van der Waals surface area contributed by atoms with Gasteiger partial charge in [-0.1, -0.05) is 37.3 Å². The van der Waals surface area contributed by atoms with Crippen molar-refractivity contribution in [2.45, 2.75) is 101 Å². The first-order valence-electron chi connectivity index (χ1n) is 18.6. The molecule has 3 aliphatic rings. The van der Waals surface area contributed by atoms with E-state index in [0.717, 1.165) is 17.7 Å². The van der Waals surface area contributed by atoms with Gasteiger partial charge in [-0.15, -0.1) is 0 Å². The summed E-state index contributed by atoms with van der Waals surface area (Å²) in [6.07, 6.45) is -4.74. The Morgan fingerprint density at radius 1 is 0.873 bits per heavy atom. The summed E-state index contributed by atoms with van der Waals surface area (Å²) < 4.78 is 95.3. The van der Waals surface area contributed by atoms with Crippen molar-refractivity contribution in [2.75, 3.05) is 36.1 Å². The molecule has 3 heterocycles. The second-order valence-electron chi connectivity index (χ2n) is 14.5. The number of halogens is 6. The Bertz CT molecular complexity index is 1720. The van der Waals surface area contributed by atoms with Crippen LogP contribution in [0.3, 0.4) is 0 Å². The zero-order valence-electron chi connectivity index (χ0n) is 30.4. The third-order valence-corrected chi connectivity index (χ3v) is 10.9. The van der Waals surface area contributed by atoms with Gasteiger partial charge in [0.2, 0.25) is 5.95 Å². The predicted molar refractivity (Wildman–Crippen MR) is 190 cm³/mol. The zero-order chi connectivity index (χ0) is 39.3. The number of nitrogens with zero attached hydrogens (tertiary/aromatic N) is 5. The molecule has 298 valence electrons. The number of rotatable bonds is 10. The van der Waals surface area contributed by atoms with Gasteiger partial charge in [-0.2, -0.15) is 26.3 Å². The van der Waals surface area contributed by atoms with E-state index < -0.39 is 65.7 Å². The van der Waals surface area contributed by atoms with E-state index in [4.69, 9.17) is 9.47 Å². The predicted octanol–water partition coefficient (Wildman–Crippen LogP) is 7.99. The number of anilines is 2. The molecule has 1 aliphatic carbocycles. The van der Waals surface area contributed by atoms with Gasteiger partial charge in [-0.05, 0) is 80.7 Å². The number of carboxylic acids is 1. The van der Waals surface area contributed by atoms with Crippen LogP contribution in [0.2, 0.25) is 0 Å². The van der Waals surface area contributed by atoms with Crippen molar-refractivity contribution in [3.8, 4) is 0 Å². The van der Waals surface area contributed by atoms with E-state index in [-0.39, 0.29) is 30.5 Å². The van der Waals surface area contributed by atoms with Crippen LogP contribution in [0.5, 0.6) is 0 Å². The Kier molecular flexibility index (Phi) is 12.4. The summed E-state index contributed by atoms with van der Waals surface area (Å²) in [7, 11) is 0. The minimum Gasteiger partial charge on any atom is -0.481 e. The molecule has 16 heteroatoms. The van der Waals surface area contributed by atoms with Gasteiger partial charge in [0.15, 0.2) is 0 Å². The summed E-state index contributed by atoms with van der Waals surface area (Å²) in [4.78, 5) is 40.2. The quantitative estimate of drug-likeness (QED) is 0.205. The lowest BCUT2D eigenvalue weighted by molar-refractivity contribution is -0.144. The van der Waals surface area contributed by atoms with Crippen molar-refractivity contribution < 1.29 is 50.5 Å². The maximum atomic E-state index is 14.1.